The number of hydrazone groups is 1. The molecular formula is C17H12F3N3O2. The summed E-state index contributed by atoms with van der Waals surface area (Å²) in [6.07, 6.45) is -3.59. The van der Waals surface area contributed by atoms with Gasteiger partial charge in [-0.1, -0.05) is 18.2 Å². The minimum atomic E-state index is -4.51. The van der Waals surface area contributed by atoms with E-state index in [0.29, 0.717) is 11.3 Å². The van der Waals surface area contributed by atoms with E-state index in [1.807, 2.05) is 6.07 Å². The first-order chi connectivity index (χ1) is 11.9. The number of alkyl halides is 3. The van der Waals surface area contributed by atoms with Crippen molar-refractivity contribution in [2.45, 2.75) is 6.18 Å². The highest BCUT2D eigenvalue weighted by molar-refractivity contribution is 5.84. The number of hydrogen-bond acceptors (Lipinski definition) is 4. The minimum absolute atomic E-state index is 0.164. The third-order valence-corrected chi connectivity index (χ3v) is 3.01. The van der Waals surface area contributed by atoms with Gasteiger partial charge in [-0.25, -0.2) is 5.43 Å². The van der Waals surface area contributed by atoms with Gasteiger partial charge in [-0.3, -0.25) is 4.79 Å². The zero-order valence-electron chi connectivity index (χ0n) is 12.7. The molecule has 0 saturated heterocycles. The van der Waals surface area contributed by atoms with Crippen LogP contribution in [0.3, 0.4) is 0 Å². The largest absolute Gasteiger partial charge is 0.484 e. The van der Waals surface area contributed by atoms with Crippen LogP contribution in [-0.2, 0) is 11.0 Å². The predicted molar refractivity (Wildman–Crippen MR) is 83.8 cm³/mol. The summed E-state index contributed by atoms with van der Waals surface area (Å²) >= 11 is 0. The number of carbonyl (C=O) groups is 1. The fourth-order valence-electron chi connectivity index (χ4n) is 1.85. The molecule has 0 saturated carbocycles. The van der Waals surface area contributed by atoms with E-state index in [2.05, 4.69) is 10.5 Å². The lowest BCUT2D eigenvalue weighted by Crippen LogP contribution is -2.24. The van der Waals surface area contributed by atoms with Gasteiger partial charge in [-0.05, 0) is 30.3 Å². The Balaban J connectivity index is 1.90. The number of amides is 1. The SMILES string of the molecule is N#Cc1ccc(OCC(=O)NN=Cc2ccccc2C(F)(F)F)cc1. The second-order valence-corrected chi connectivity index (χ2v) is 4.80. The third kappa shape index (κ3) is 5.35. The molecule has 2 rings (SSSR count). The van der Waals surface area contributed by atoms with Crippen molar-refractivity contribution >= 4 is 12.1 Å². The quantitative estimate of drug-likeness (QED) is 0.667. The van der Waals surface area contributed by atoms with Gasteiger partial charge in [0.05, 0.1) is 23.4 Å². The molecule has 8 heteroatoms. The molecule has 0 aliphatic heterocycles. The van der Waals surface area contributed by atoms with Gasteiger partial charge in [0.2, 0.25) is 0 Å². The summed E-state index contributed by atoms with van der Waals surface area (Å²) in [4.78, 5) is 11.6. The lowest BCUT2D eigenvalue weighted by atomic mass is 10.1. The van der Waals surface area contributed by atoms with E-state index in [1.54, 1.807) is 0 Å². The Morgan fingerprint density at radius 2 is 1.88 bits per heavy atom. The Hall–Kier alpha value is -3.34. The zero-order chi connectivity index (χ0) is 18.3. The Labute approximate surface area is 141 Å². The standard InChI is InChI=1S/C17H12F3N3O2/c18-17(19,20)15-4-2-1-3-13(15)10-22-23-16(24)11-25-14-7-5-12(9-21)6-8-14/h1-8,10H,11H2,(H,23,24). The van der Waals surface area contributed by atoms with Crippen LogP contribution in [-0.4, -0.2) is 18.7 Å². The number of halogens is 3. The van der Waals surface area contributed by atoms with Gasteiger partial charge in [0.25, 0.3) is 5.91 Å². The summed E-state index contributed by atoms with van der Waals surface area (Å²) in [6.45, 7) is -0.371. The lowest BCUT2D eigenvalue weighted by molar-refractivity contribution is -0.137. The van der Waals surface area contributed by atoms with Gasteiger partial charge in [-0.15, -0.1) is 0 Å². The number of nitrogens with one attached hydrogen (secondary N) is 1. The highest BCUT2D eigenvalue weighted by Crippen LogP contribution is 2.30. The summed E-state index contributed by atoms with van der Waals surface area (Å²) in [7, 11) is 0. The number of benzene rings is 2. The van der Waals surface area contributed by atoms with Gasteiger partial charge in [0.1, 0.15) is 5.75 Å². The minimum Gasteiger partial charge on any atom is -0.484 e. The molecule has 0 heterocycles. The van der Waals surface area contributed by atoms with Gasteiger partial charge in [0.15, 0.2) is 6.61 Å². The normalized spacial score (nSPS) is 11.1. The number of ether oxygens (including phenoxy) is 1. The molecule has 2 aromatic carbocycles. The first kappa shape index (κ1) is 18.0. The number of nitrogens with zero attached hydrogens (tertiary/aromatic N) is 2. The van der Waals surface area contributed by atoms with E-state index >= 15 is 0 Å². The summed E-state index contributed by atoms with van der Waals surface area (Å²) in [5, 5.41) is 12.2. The maximum absolute atomic E-state index is 12.8. The van der Waals surface area contributed by atoms with Crippen molar-refractivity contribution in [2.24, 2.45) is 5.10 Å². The zero-order valence-corrected chi connectivity index (χ0v) is 12.7. The van der Waals surface area contributed by atoms with Crippen LogP contribution in [0.4, 0.5) is 13.2 Å². The van der Waals surface area contributed by atoms with Crippen LogP contribution >= 0.6 is 0 Å². The van der Waals surface area contributed by atoms with Crippen molar-refractivity contribution in [3.63, 3.8) is 0 Å². The maximum Gasteiger partial charge on any atom is 0.417 e. The summed E-state index contributed by atoms with van der Waals surface area (Å²) in [6, 6.07) is 12.9. The molecule has 0 fully saturated rings. The van der Waals surface area contributed by atoms with E-state index in [0.717, 1.165) is 12.3 Å². The van der Waals surface area contributed by atoms with E-state index in [9.17, 15) is 18.0 Å². The van der Waals surface area contributed by atoms with Crippen molar-refractivity contribution < 1.29 is 22.7 Å². The fraction of sp³-hybridized carbons (Fsp3) is 0.118. The molecule has 128 valence electrons. The highest BCUT2D eigenvalue weighted by Gasteiger charge is 2.32. The molecule has 0 radical (unpaired) electrons. The molecule has 0 aliphatic rings. The molecule has 25 heavy (non-hydrogen) atoms. The number of hydrogen-bond donors (Lipinski definition) is 1. The molecule has 0 unspecified atom stereocenters. The summed E-state index contributed by atoms with van der Waals surface area (Å²) < 4.78 is 43.6. The van der Waals surface area contributed by atoms with Crippen LogP contribution in [0.2, 0.25) is 0 Å². The van der Waals surface area contributed by atoms with Crippen LogP contribution in [0.1, 0.15) is 16.7 Å². The van der Waals surface area contributed by atoms with Crippen molar-refractivity contribution in [2.75, 3.05) is 6.61 Å². The molecule has 0 aliphatic carbocycles. The van der Waals surface area contributed by atoms with Gasteiger partial charge in [0, 0.05) is 5.56 Å². The molecule has 0 aromatic heterocycles. The Bertz CT molecular complexity index is 809. The molecule has 0 atom stereocenters. The van der Waals surface area contributed by atoms with E-state index < -0.39 is 17.6 Å². The van der Waals surface area contributed by atoms with Crippen LogP contribution < -0.4 is 10.2 Å². The van der Waals surface area contributed by atoms with Crippen LogP contribution in [0.15, 0.2) is 53.6 Å². The summed E-state index contributed by atoms with van der Waals surface area (Å²) in [5.41, 5.74) is 1.53. The van der Waals surface area contributed by atoms with E-state index in [4.69, 9.17) is 10.00 Å². The van der Waals surface area contributed by atoms with Crippen LogP contribution in [0.5, 0.6) is 5.75 Å². The second-order valence-electron chi connectivity index (χ2n) is 4.80. The summed E-state index contributed by atoms with van der Waals surface area (Å²) in [5.74, 6) is -0.259. The second kappa shape index (κ2) is 7.97. The molecule has 5 nitrogen and oxygen atoms in total. The Morgan fingerprint density at radius 1 is 1.20 bits per heavy atom. The lowest BCUT2D eigenvalue weighted by Gasteiger charge is -2.09. The van der Waals surface area contributed by atoms with Crippen molar-refractivity contribution in [3.8, 4) is 11.8 Å². The molecule has 1 amide bonds. The first-order valence-electron chi connectivity index (χ1n) is 7.01. The smallest absolute Gasteiger partial charge is 0.417 e. The molecule has 0 bridgehead atoms. The fourth-order valence-corrected chi connectivity index (χ4v) is 1.85. The molecule has 0 spiro atoms. The Kier molecular flexibility index (Phi) is 5.74. The topological polar surface area (TPSA) is 74.5 Å². The number of carbonyl (C=O) groups excluding carboxylic acids is 1. The van der Waals surface area contributed by atoms with Gasteiger partial charge >= 0.3 is 6.18 Å². The average molecular weight is 347 g/mol. The monoisotopic (exact) mass is 347 g/mol. The van der Waals surface area contributed by atoms with Crippen molar-refractivity contribution in [1.29, 1.82) is 5.26 Å². The van der Waals surface area contributed by atoms with E-state index in [1.165, 1.54) is 42.5 Å². The van der Waals surface area contributed by atoms with Crippen molar-refractivity contribution in [3.05, 3.63) is 65.2 Å². The van der Waals surface area contributed by atoms with Crippen LogP contribution in [0, 0.1) is 11.3 Å². The number of nitriles is 1. The predicted octanol–water partition coefficient (Wildman–Crippen LogP) is 3.11. The first-order valence-corrected chi connectivity index (χ1v) is 7.01. The maximum atomic E-state index is 12.8. The average Bonchev–Trinajstić information content (AvgIpc) is 2.60. The third-order valence-electron chi connectivity index (χ3n) is 3.01. The van der Waals surface area contributed by atoms with E-state index in [-0.39, 0.29) is 12.2 Å². The highest BCUT2D eigenvalue weighted by atomic mass is 19.4. The number of rotatable bonds is 5. The van der Waals surface area contributed by atoms with Gasteiger partial charge < -0.3 is 4.74 Å². The Morgan fingerprint density at radius 3 is 2.52 bits per heavy atom. The van der Waals surface area contributed by atoms with Crippen molar-refractivity contribution in [1.82, 2.24) is 5.43 Å². The molecule has 2 aromatic rings. The van der Waals surface area contributed by atoms with Crippen LogP contribution in [0.25, 0.3) is 0 Å². The molecular weight excluding hydrogens is 335 g/mol. The van der Waals surface area contributed by atoms with Gasteiger partial charge in [-0.2, -0.15) is 23.5 Å². The molecule has 1 N–H and O–H groups in total.